The van der Waals surface area contributed by atoms with Crippen molar-refractivity contribution in [2.24, 2.45) is 0 Å². The van der Waals surface area contributed by atoms with Gasteiger partial charge < -0.3 is 13.7 Å². The van der Waals surface area contributed by atoms with Crippen LogP contribution in [0.15, 0.2) is 176 Å². The fourth-order valence-corrected chi connectivity index (χ4v) is 9.89. The fraction of sp³-hybridized carbons (Fsp3) is 0. The molecule has 244 valence electrons. The van der Waals surface area contributed by atoms with Crippen molar-refractivity contribution in [2.45, 2.75) is 0 Å². The monoisotopic (exact) mass is 671 g/mol. The molecule has 13 rings (SSSR count). The second-order valence-electron chi connectivity index (χ2n) is 14.5. The van der Waals surface area contributed by atoms with Gasteiger partial charge in [0.2, 0.25) is 0 Å². The molecule has 0 unspecified atom stereocenters. The predicted molar refractivity (Wildman–Crippen MR) is 225 cm³/mol. The number of fused-ring (bicyclic) bond motifs is 17. The third-order valence-corrected chi connectivity index (χ3v) is 11.9. The summed E-state index contributed by atoms with van der Waals surface area (Å²) < 4.78 is 5.12. The summed E-state index contributed by atoms with van der Waals surface area (Å²) in [6.07, 6.45) is 0. The second-order valence-corrected chi connectivity index (χ2v) is 14.5. The number of aromatic nitrogens is 2. The van der Waals surface area contributed by atoms with Crippen molar-refractivity contribution < 1.29 is 0 Å². The molecule has 0 N–H and O–H groups in total. The quantitative estimate of drug-likeness (QED) is 0.182. The molecule has 0 saturated heterocycles. The van der Waals surface area contributed by atoms with E-state index in [0.717, 1.165) is 17.1 Å². The van der Waals surface area contributed by atoms with E-state index in [-0.39, 0.29) is 0 Å². The van der Waals surface area contributed by atoms with E-state index >= 15 is 0 Å². The first kappa shape index (κ1) is 27.6. The van der Waals surface area contributed by atoms with Gasteiger partial charge in [0.05, 0.1) is 38.8 Å². The Morgan fingerprint density at radius 2 is 0.849 bits per heavy atom. The molecule has 0 aliphatic carbocycles. The second kappa shape index (κ2) is 9.81. The number of para-hydroxylation sites is 4. The average molecular weight is 672 g/mol. The molecule has 13 aromatic rings. The molecule has 0 aliphatic rings. The Kier molecular flexibility index (Phi) is 5.11. The lowest BCUT2D eigenvalue weighted by Crippen LogP contribution is -2.10. The zero-order chi connectivity index (χ0) is 34.4. The van der Waals surface area contributed by atoms with Gasteiger partial charge in [-0.25, -0.2) is 0 Å². The van der Waals surface area contributed by atoms with Crippen LogP contribution in [0.25, 0.3) is 97.7 Å². The summed E-state index contributed by atoms with van der Waals surface area (Å²) in [6.45, 7) is 0. The molecule has 0 atom stereocenters. The average Bonchev–Trinajstić information content (AvgIpc) is 3.94. The highest BCUT2D eigenvalue weighted by atomic mass is 15.2. The van der Waals surface area contributed by atoms with Crippen molar-refractivity contribution in [3.05, 3.63) is 176 Å². The van der Waals surface area contributed by atoms with Gasteiger partial charge in [-0.05, 0) is 82.2 Å². The molecule has 0 spiro atoms. The number of nitrogens with zero attached hydrogens (tertiary/aromatic N) is 3. The predicted octanol–water partition coefficient (Wildman–Crippen LogP) is 13.8. The lowest BCUT2D eigenvalue weighted by Gasteiger charge is -2.26. The van der Waals surface area contributed by atoms with E-state index in [1.807, 2.05) is 0 Å². The lowest BCUT2D eigenvalue weighted by atomic mass is 9.96. The number of anilines is 3. The lowest BCUT2D eigenvalue weighted by molar-refractivity contribution is 1.27. The Labute approximate surface area is 303 Å². The maximum absolute atomic E-state index is 2.58. The minimum atomic E-state index is 1.13. The Hall–Kier alpha value is -7.10. The zero-order valence-corrected chi connectivity index (χ0v) is 28.6. The third-order valence-electron chi connectivity index (χ3n) is 11.9. The van der Waals surface area contributed by atoms with E-state index in [1.54, 1.807) is 0 Å². The molecular weight excluding hydrogens is 643 g/mol. The van der Waals surface area contributed by atoms with Gasteiger partial charge >= 0.3 is 0 Å². The molecule has 4 aromatic heterocycles. The summed E-state index contributed by atoms with van der Waals surface area (Å²) >= 11 is 0. The molecule has 53 heavy (non-hydrogen) atoms. The number of rotatable bonds is 3. The molecule has 3 heteroatoms. The van der Waals surface area contributed by atoms with Crippen LogP contribution in [-0.4, -0.2) is 8.80 Å². The summed E-state index contributed by atoms with van der Waals surface area (Å²) in [6, 6.07) is 64.8. The molecule has 0 saturated carbocycles. The third kappa shape index (κ3) is 3.36. The van der Waals surface area contributed by atoms with E-state index in [0.29, 0.717) is 0 Å². The molecular formula is C50H29N3. The number of hydrogen-bond acceptors (Lipinski definition) is 1. The van der Waals surface area contributed by atoms with E-state index in [1.165, 1.54) is 97.7 Å². The summed E-state index contributed by atoms with van der Waals surface area (Å²) in [5.41, 5.74) is 11.0. The van der Waals surface area contributed by atoms with Gasteiger partial charge in [-0.15, -0.1) is 0 Å². The molecule has 0 aliphatic heterocycles. The van der Waals surface area contributed by atoms with Gasteiger partial charge in [0.25, 0.3) is 0 Å². The first-order valence-corrected chi connectivity index (χ1v) is 18.4. The summed E-state index contributed by atoms with van der Waals surface area (Å²) in [7, 11) is 0. The maximum atomic E-state index is 2.58. The zero-order valence-electron chi connectivity index (χ0n) is 28.6. The van der Waals surface area contributed by atoms with Gasteiger partial charge in [-0.3, -0.25) is 0 Å². The minimum absolute atomic E-state index is 1.13. The van der Waals surface area contributed by atoms with Crippen LogP contribution in [0, 0.1) is 0 Å². The molecule has 4 heterocycles. The molecule has 0 amide bonds. The minimum Gasteiger partial charge on any atom is -0.308 e. The summed E-state index contributed by atoms with van der Waals surface area (Å²) in [5, 5.41) is 15.6. The van der Waals surface area contributed by atoms with Crippen molar-refractivity contribution in [1.29, 1.82) is 0 Å². The normalized spacial score (nSPS) is 12.5. The van der Waals surface area contributed by atoms with Crippen LogP contribution in [0.1, 0.15) is 0 Å². The van der Waals surface area contributed by atoms with Crippen LogP contribution in [-0.2, 0) is 0 Å². The van der Waals surface area contributed by atoms with Crippen LogP contribution in [0.3, 0.4) is 0 Å². The van der Waals surface area contributed by atoms with Crippen molar-refractivity contribution >= 4 is 115 Å². The van der Waals surface area contributed by atoms with Crippen LogP contribution in [0.4, 0.5) is 17.1 Å². The van der Waals surface area contributed by atoms with Crippen molar-refractivity contribution in [3.8, 4) is 0 Å². The van der Waals surface area contributed by atoms with Crippen LogP contribution in [0.2, 0.25) is 0 Å². The number of hydrogen-bond donors (Lipinski definition) is 0. The molecule has 3 nitrogen and oxygen atoms in total. The van der Waals surface area contributed by atoms with Crippen molar-refractivity contribution in [3.63, 3.8) is 0 Å². The van der Waals surface area contributed by atoms with Gasteiger partial charge in [0.15, 0.2) is 0 Å². The van der Waals surface area contributed by atoms with Gasteiger partial charge in [-0.2, -0.15) is 0 Å². The summed E-state index contributed by atoms with van der Waals surface area (Å²) in [5.74, 6) is 0. The highest BCUT2D eigenvalue weighted by molar-refractivity contribution is 6.41. The van der Waals surface area contributed by atoms with Crippen LogP contribution in [0.5, 0.6) is 0 Å². The molecule has 9 aromatic carbocycles. The first-order valence-electron chi connectivity index (χ1n) is 18.4. The van der Waals surface area contributed by atoms with E-state index in [2.05, 4.69) is 190 Å². The van der Waals surface area contributed by atoms with E-state index in [9.17, 15) is 0 Å². The van der Waals surface area contributed by atoms with E-state index < -0.39 is 0 Å². The van der Waals surface area contributed by atoms with Gasteiger partial charge in [-0.1, -0.05) is 115 Å². The largest absolute Gasteiger partial charge is 0.308 e. The molecule has 0 bridgehead atoms. The summed E-state index contributed by atoms with van der Waals surface area (Å²) in [4.78, 5) is 2.42. The van der Waals surface area contributed by atoms with Crippen molar-refractivity contribution in [2.75, 3.05) is 4.90 Å². The Bertz CT molecular complexity index is 3570. The van der Waals surface area contributed by atoms with Crippen LogP contribution >= 0.6 is 0 Å². The maximum Gasteiger partial charge on any atom is 0.0782 e. The standard InChI is InChI=1S/C50H29N3/c1-3-16-32(17-4-1)51(33-18-5-2-6-19-33)43-25-13-23-36-38-28-30-14-8-10-21-35(30)46-47-42(53(48(36)43)49(38)46)27-26-41-45(47)39-29-31-15-7-9-20-34(31)44-37-22-11-12-24-40(37)52(41)50(39)44/h1-29H. The van der Waals surface area contributed by atoms with Gasteiger partial charge in [0, 0.05) is 54.5 Å². The van der Waals surface area contributed by atoms with Gasteiger partial charge in [0.1, 0.15) is 0 Å². The highest BCUT2D eigenvalue weighted by Gasteiger charge is 2.28. The SMILES string of the molecule is c1ccc(N(c2ccccc2)c2cccc3c4cc5ccccc5c5c6c7c8cc9ccccc9c9c%10ccccc%10n(c7ccc6n(c23)c45)c89)cc1. The Morgan fingerprint density at radius 1 is 0.302 bits per heavy atom. The Morgan fingerprint density at radius 3 is 1.57 bits per heavy atom. The Balaban J connectivity index is 1.30. The smallest absolute Gasteiger partial charge is 0.0782 e. The van der Waals surface area contributed by atoms with E-state index in [4.69, 9.17) is 0 Å². The molecule has 0 fully saturated rings. The molecule has 0 radical (unpaired) electrons. The number of benzene rings is 9. The topological polar surface area (TPSA) is 12.1 Å². The fourth-order valence-electron chi connectivity index (χ4n) is 9.89. The van der Waals surface area contributed by atoms with Crippen molar-refractivity contribution in [1.82, 2.24) is 8.80 Å². The first-order chi connectivity index (χ1) is 26.3. The van der Waals surface area contributed by atoms with Crippen LogP contribution < -0.4 is 4.90 Å². The highest BCUT2D eigenvalue weighted by Crippen LogP contribution is 2.51.